The van der Waals surface area contributed by atoms with Gasteiger partial charge in [0.25, 0.3) is 0 Å². The maximum Gasteiger partial charge on any atom is 0.360 e. The van der Waals surface area contributed by atoms with Crippen molar-refractivity contribution in [1.29, 1.82) is 0 Å². The molecule has 1 heterocycles. The van der Waals surface area contributed by atoms with Crippen LogP contribution in [0, 0.1) is 0 Å². The number of esters is 1. The van der Waals surface area contributed by atoms with E-state index in [1.807, 2.05) is 0 Å². The first-order valence-electron chi connectivity index (χ1n) is 6.31. The maximum absolute atomic E-state index is 11.6. The molecule has 0 unspecified atom stereocenters. The van der Waals surface area contributed by atoms with Gasteiger partial charge in [0.1, 0.15) is 0 Å². The van der Waals surface area contributed by atoms with Crippen LogP contribution in [0.3, 0.4) is 0 Å². The number of hydrogen-bond acceptors (Lipinski definition) is 6. The van der Waals surface area contributed by atoms with Gasteiger partial charge in [-0.05, 0) is 6.42 Å². The van der Waals surface area contributed by atoms with Crippen molar-refractivity contribution in [2.75, 3.05) is 34.0 Å². The van der Waals surface area contributed by atoms with Crippen molar-refractivity contribution in [1.82, 2.24) is 15.0 Å². The van der Waals surface area contributed by atoms with E-state index in [1.165, 1.54) is 7.11 Å². The van der Waals surface area contributed by atoms with Gasteiger partial charge in [-0.3, -0.25) is 0 Å². The number of rotatable bonds is 9. The highest BCUT2D eigenvalue weighted by atomic mass is 16.5. The molecule has 0 aliphatic rings. The van der Waals surface area contributed by atoms with Gasteiger partial charge < -0.3 is 14.2 Å². The minimum atomic E-state index is -0.480. The number of aromatic nitrogens is 3. The van der Waals surface area contributed by atoms with Gasteiger partial charge in [0.15, 0.2) is 5.69 Å². The van der Waals surface area contributed by atoms with Gasteiger partial charge in [-0.25, -0.2) is 9.48 Å². The smallest absolute Gasteiger partial charge is 0.360 e. The molecule has 1 aromatic heterocycles. The summed E-state index contributed by atoms with van der Waals surface area (Å²) in [5.74, 6) is -0.480. The molecule has 1 rings (SSSR count). The Bertz CT molecular complexity index is 392. The molecule has 0 aliphatic heterocycles. The second-order valence-electron chi connectivity index (χ2n) is 3.95. The number of ether oxygens (including phenoxy) is 3. The summed E-state index contributed by atoms with van der Waals surface area (Å²) in [6.45, 7) is 4.36. The van der Waals surface area contributed by atoms with Crippen molar-refractivity contribution in [2.45, 2.75) is 26.3 Å². The van der Waals surface area contributed by atoms with Gasteiger partial charge in [0, 0.05) is 20.1 Å². The second kappa shape index (κ2) is 8.60. The van der Waals surface area contributed by atoms with E-state index in [4.69, 9.17) is 9.47 Å². The Morgan fingerprint density at radius 3 is 2.68 bits per heavy atom. The molecule has 0 bridgehead atoms. The Morgan fingerprint density at radius 2 is 2.05 bits per heavy atom. The summed E-state index contributed by atoms with van der Waals surface area (Å²) < 4.78 is 16.8. The summed E-state index contributed by atoms with van der Waals surface area (Å²) >= 11 is 0. The molecule has 108 valence electrons. The van der Waals surface area contributed by atoms with Crippen LogP contribution >= 0.6 is 0 Å². The first kappa shape index (κ1) is 15.6. The normalized spacial score (nSPS) is 10.7. The van der Waals surface area contributed by atoms with Crippen LogP contribution in [0.2, 0.25) is 0 Å². The maximum atomic E-state index is 11.6. The van der Waals surface area contributed by atoms with Crippen molar-refractivity contribution >= 4 is 5.97 Å². The van der Waals surface area contributed by atoms with Gasteiger partial charge in [-0.2, -0.15) is 0 Å². The quantitative estimate of drug-likeness (QED) is 0.485. The lowest BCUT2D eigenvalue weighted by molar-refractivity contribution is 0.0591. The highest BCUT2D eigenvalue weighted by Crippen LogP contribution is 2.08. The summed E-state index contributed by atoms with van der Waals surface area (Å²) in [6, 6.07) is 0. The lowest BCUT2D eigenvalue weighted by Crippen LogP contribution is -2.14. The van der Waals surface area contributed by atoms with Crippen LogP contribution in [0.1, 0.15) is 29.5 Å². The summed E-state index contributed by atoms with van der Waals surface area (Å²) in [7, 11) is 2.93. The highest BCUT2D eigenvalue weighted by Gasteiger charge is 2.19. The number of carbonyl (C=O) groups is 1. The third kappa shape index (κ3) is 4.60. The molecule has 0 amide bonds. The fourth-order valence-electron chi connectivity index (χ4n) is 1.61. The Morgan fingerprint density at radius 1 is 1.26 bits per heavy atom. The molecule has 0 spiro atoms. The van der Waals surface area contributed by atoms with Gasteiger partial charge in [0.2, 0.25) is 0 Å². The van der Waals surface area contributed by atoms with E-state index in [1.54, 1.807) is 11.8 Å². The van der Waals surface area contributed by atoms with E-state index in [2.05, 4.69) is 22.0 Å². The Balaban J connectivity index is 2.72. The molecule has 0 aromatic carbocycles. The largest absolute Gasteiger partial charge is 0.464 e. The van der Waals surface area contributed by atoms with E-state index in [0.717, 1.165) is 6.42 Å². The van der Waals surface area contributed by atoms with E-state index in [9.17, 15) is 4.79 Å². The molecule has 0 fully saturated rings. The third-order valence-corrected chi connectivity index (χ3v) is 2.56. The zero-order valence-electron chi connectivity index (χ0n) is 11.7. The SMILES string of the molecule is CCCOCCn1nnc(C(=O)OC)c1CCOC. The molecular weight excluding hydrogens is 250 g/mol. The lowest BCUT2D eigenvalue weighted by Gasteiger charge is -2.07. The molecule has 0 N–H and O–H groups in total. The van der Waals surface area contributed by atoms with E-state index in [-0.39, 0.29) is 5.69 Å². The zero-order valence-corrected chi connectivity index (χ0v) is 11.7. The second-order valence-corrected chi connectivity index (χ2v) is 3.95. The monoisotopic (exact) mass is 271 g/mol. The molecule has 0 aliphatic carbocycles. The summed E-state index contributed by atoms with van der Waals surface area (Å²) in [5, 5.41) is 7.83. The van der Waals surface area contributed by atoms with Crippen LogP contribution in [0.5, 0.6) is 0 Å². The molecular formula is C12H21N3O4. The van der Waals surface area contributed by atoms with Crippen molar-refractivity contribution < 1.29 is 19.0 Å². The van der Waals surface area contributed by atoms with Gasteiger partial charge in [0.05, 0.1) is 32.6 Å². The zero-order chi connectivity index (χ0) is 14.1. The Kier molecular flexibility index (Phi) is 7.06. The van der Waals surface area contributed by atoms with Crippen molar-refractivity contribution in [2.24, 2.45) is 0 Å². The first-order valence-corrected chi connectivity index (χ1v) is 6.31. The number of nitrogens with zero attached hydrogens (tertiary/aromatic N) is 3. The fourth-order valence-corrected chi connectivity index (χ4v) is 1.61. The lowest BCUT2D eigenvalue weighted by atomic mass is 10.2. The molecule has 0 saturated carbocycles. The van der Waals surface area contributed by atoms with Crippen LogP contribution in [0.15, 0.2) is 0 Å². The average molecular weight is 271 g/mol. The standard InChI is InChI=1S/C12H21N3O4/c1-4-7-19-9-6-15-10(5-8-17-2)11(13-14-15)12(16)18-3/h4-9H2,1-3H3. The Hall–Kier alpha value is -1.47. The van der Waals surface area contributed by atoms with Crippen molar-refractivity contribution in [3.05, 3.63) is 11.4 Å². The van der Waals surface area contributed by atoms with Gasteiger partial charge in [-0.1, -0.05) is 12.1 Å². The molecule has 0 atom stereocenters. The van der Waals surface area contributed by atoms with Crippen molar-refractivity contribution in [3.8, 4) is 0 Å². The first-order chi connectivity index (χ1) is 9.24. The highest BCUT2D eigenvalue weighted by molar-refractivity contribution is 5.88. The fraction of sp³-hybridized carbons (Fsp3) is 0.750. The molecule has 0 radical (unpaired) electrons. The molecule has 0 saturated heterocycles. The van der Waals surface area contributed by atoms with E-state index < -0.39 is 5.97 Å². The minimum absolute atomic E-state index is 0.245. The van der Waals surface area contributed by atoms with Gasteiger partial charge in [-0.15, -0.1) is 5.10 Å². The van der Waals surface area contributed by atoms with Crippen LogP contribution in [-0.4, -0.2) is 55.0 Å². The molecule has 19 heavy (non-hydrogen) atoms. The summed E-state index contributed by atoms with van der Waals surface area (Å²) in [6.07, 6.45) is 1.53. The van der Waals surface area contributed by atoms with Crippen LogP contribution in [-0.2, 0) is 27.2 Å². The molecule has 7 heteroatoms. The van der Waals surface area contributed by atoms with E-state index in [0.29, 0.717) is 38.5 Å². The van der Waals surface area contributed by atoms with Gasteiger partial charge >= 0.3 is 5.97 Å². The molecule has 1 aromatic rings. The predicted octanol–water partition coefficient (Wildman–Crippen LogP) is 0.680. The van der Waals surface area contributed by atoms with Crippen LogP contribution in [0.25, 0.3) is 0 Å². The van der Waals surface area contributed by atoms with E-state index >= 15 is 0 Å². The topological polar surface area (TPSA) is 75.5 Å². The van der Waals surface area contributed by atoms with Crippen LogP contribution < -0.4 is 0 Å². The average Bonchev–Trinajstić information content (AvgIpc) is 2.83. The predicted molar refractivity (Wildman–Crippen MR) is 68.1 cm³/mol. The Labute approximate surface area is 112 Å². The van der Waals surface area contributed by atoms with Crippen LogP contribution in [0.4, 0.5) is 0 Å². The molecule has 7 nitrogen and oxygen atoms in total. The summed E-state index contributed by atoms with van der Waals surface area (Å²) in [5.41, 5.74) is 0.962. The third-order valence-electron chi connectivity index (χ3n) is 2.56. The van der Waals surface area contributed by atoms with Crippen molar-refractivity contribution in [3.63, 3.8) is 0 Å². The number of hydrogen-bond donors (Lipinski definition) is 0. The minimum Gasteiger partial charge on any atom is -0.464 e. The number of carbonyl (C=O) groups excluding carboxylic acids is 1. The summed E-state index contributed by atoms with van der Waals surface area (Å²) in [4.78, 5) is 11.6. The number of methoxy groups -OCH3 is 2.